The van der Waals surface area contributed by atoms with Crippen LogP contribution in [0.1, 0.15) is 42.7 Å². The van der Waals surface area contributed by atoms with Gasteiger partial charge in [-0.15, -0.1) is 0 Å². The zero-order valence-corrected chi connectivity index (χ0v) is 17.1. The zero-order chi connectivity index (χ0) is 20.5. The lowest BCUT2D eigenvalue weighted by atomic mass is 9.69. The third-order valence-corrected chi connectivity index (χ3v) is 6.10. The van der Waals surface area contributed by atoms with E-state index in [1.54, 1.807) is 7.11 Å². The van der Waals surface area contributed by atoms with Crippen LogP contribution in [0.25, 0.3) is 0 Å². The Balaban J connectivity index is 1.76. The molecule has 1 heterocycles. The molecule has 29 heavy (non-hydrogen) atoms. The molecule has 0 aromatic heterocycles. The molecule has 4 nitrogen and oxygen atoms in total. The van der Waals surface area contributed by atoms with E-state index in [0.29, 0.717) is 23.4 Å². The second-order valence-electron chi connectivity index (χ2n) is 7.55. The predicted molar refractivity (Wildman–Crippen MR) is 113 cm³/mol. The Morgan fingerprint density at radius 2 is 1.72 bits per heavy atom. The molecule has 2 aliphatic rings. The van der Waals surface area contributed by atoms with Gasteiger partial charge < -0.3 is 4.74 Å². The molecule has 146 valence electrons. The van der Waals surface area contributed by atoms with Crippen molar-refractivity contribution in [3.8, 4) is 11.8 Å². The lowest BCUT2D eigenvalue weighted by molar-refractivity contribution is -0.116. The molecule has 2 aromatic carbocycles. The molecule has 2 aromatic rings. The lowest BCUT2D eigenvalue weighted by Gasteiger charge is -2.35. The van der Waals surface area contributed by atoms with Crippen LogP contribution < -0.4 is 4.74 Å². The van der Waals surface area contributed by atoms with E-state index in [2.05, 4.69) is 6.07 Å². The van der Waals surface area contributed by atoms with E-state index >= 15 is 0 Å². The topological polar surface area (TPSA) is 62.4 Å². The Kier molecular flexibility index (Phi) is 5.25. The first-order chi connectivity index (χ1) is 14.0. The number of carbonyl (C=O) groups is 1. The number of halogens is 1. The molecule has 4 rings (SSSR count). The number of nitrogens with zero attached hydrogens (tertiary/aromatic N) is 2. The van der Waals surface area contributed by atoms with Crippen molar-refractivity contribution in [2.75, 3.05) is 7.11 Å². The molecule has 0 saturated heterocycles. The summed E-state index contributed by atoms with van der Waals surface area (Å²) in [4.78, 5) is 18.0. The van der Waals surface area contributed by atoms with Gasteiger partial charge in [0.2, 0.25) is 0 Å². The average molecular weight is 405 g/mol. The Morgan fingerprint density at radius 3 is 2.34 bits per heavy atom. The summed E-state index contributed by atoms with van der Waals surface area (Å²) in [6, 6.07) is 17.7. The van der Waals surface area contributed by atoms with Gasteiger partial charge in [-0.2, -0.15) is 5.26 Å². The van der Waals surface area contributed by atoms with Gasteiger partial charge in [-0.1, -0.05) is 35.9 Å². The maximum atomic E-state index is 13.3. The van der Waals surface area contributed by atoms with Gasteiger partial charge in [0, 0.05) is 34.3 Å². The summed E-state index contributed by atoms with van der Waals surface area (Å²) in [5.41, 5.74) is 4.29. The van der Waals surface area contributed by atoms with Crippen LogP contribution in [0.4, 0.5) is 0 Å². The summed E-state index contributed by atoms with van der Waals surface area (Å²) in [6.07, 6.45) is 1.10. The molecule has 0 fully saturated rings. The number of hydrogen-bond donors (Lipinski definition) is 0. The molecule has 1 aliphatic carbocycles. The van der Waals surface area contributed by atoms with Crippen LogP contribution in [0.3, 0.4) is 0 Å². The van der Waals surface area contributed by atoms with E-state index in [4.69, 9.17) is 21.3 Å². The largest absolute Gasteiger partial charge is 0.497 e. The van der Waals surface area contributed by atoms with Crippen molar-refractivity contribution in [1.82, 2.24) is 0 Å². The van der Waals surface area contributed by atoms with Gasteiger partial charge in [0.25, 0.3) is 0 Å². The molecule has 3 atom stereocenters. The number of Topliss-reactive ketones (excluding diaryl/α,β-unsaturated/α-hetero) is 1. The van der Waals surface area contributed by atoms with Crippen LogP contribution in [0.15, 0.2) is 64.8 Å². The summed E-state index contributed by atoms with van der Waals surface area (Å²) in [5.74, 6) is 0.152. The first kappa shape index (κ1) is 19.4. The Bertz CT molecular complexity index is 1050. The fraction of sp³-hybridized carbons (Fsp3) is 0.292. The number of hydrogen-bond acceptors (Lipinski definition) is 4. The number of benzene rings is 2. The van der Waals surface area contributed by atoms with Gasteiger partial charge in [-0.25, -0.2) is 0 Å². The van der Waals surface area contributed by atoms with Gasteiger partial charge in [0.15, 0.2) is 5.78 Å². The minimum absolute atomic E-state index is 0.0727. The molecule has 0 N–H and O–H groups in total. The van der Waals surface area contributed by atoms with E-state index in [1.807, 2.05) is 55.5 Å². The predicted octanol–water partition coefficient (Wildman–Crippen LogP) is 5.45. The molecule has 0 spiro atoms. The highest BCUT2D eigenvalue weighted by Gasteiger charge is 2.41. The molecular weight excluding hydrogens is 384 g/mol. The van der Waals surface area contributed by atoms with Gasteiger partial charge in [0.05, 0.1) is 19.1 Å². The number of carbonyl (C=O) groups excluding carboxylic acids is 1. The van der Waals surface area contributed by atoms with Gasteiger partial charge >= 0.3 is 0 Å². The number of ketones is 1. The normalized spacial score (nSPS) is 23.9. The lowest BCUT2D eigenvalue weighted by Crippen LogP contribution is -2.32. The number of ether oxygens (including phenoxy) is 1. The highest BCUT2D eigenvalue weighted by atomic mass is 35.5. The summed E-state index contributed by atoms with van der Waals surface area (Å²) in [6.45, 7) is 1.88. The average Bonchev–Trinajstić information content (AvgIpc) is 2.73. The summed E-state index contributed by atoms with van der Waals surface area (Å²) < 4.78 is 5.25. The van der Waals surface area contributed by atoms with Crippen molar-refractivity contribution in [3.63, 3.8) is 0 Å². The maximum absolute atomic E-state index is 13.3. The highest BCUT2D eigenvalue weighted by molar-refractivity contribution is 6.30. The van der Waals surface area contributed by atoms with E-state index in [9.17, 15) is 10.1 Å². The fourth-order valence-electron chi connectivity index (χ4n) is 4.37. The van der Waals surface area contributed by atoms with E-state index < -0.39 is 5.92 Å². The van der Waals surface area contributed by atoms with Crippen LogP contribution in [-0.4, -0.2) is 18.6 Å². The van der Waals surface area contributed by atoms with Crippen molar-refractivity contribution in [3.05, 3.63) is 76.0 Å². The summed E-state index contributed by atoms with van der Waals surface area (Å²) in [7, 11) is 1.62. The van der Waals surface area contributed by atoms with Gasteiger partial charge in [0.1, 0.15) is 5.75 Å². The zero-order valence-electron chi connectivity index (χ0n) is 16.4. The van der Waals surface area contributed by atoms with E-state index in [1.165, 1.54) is 0 Å². The second-order valence-corrected chi connectivity index (χ2v) is 7.99. The number of allylic oxidation sites excluding steroid dienone is 2. The smallest absolute Gasteiger partial charge is 0.161 e. The van der Waals surface area contributed by atoms with Crippen molar-refractivity contribution in [2.24, 2.45) is 10.9 Å². The van der Waals surface area contributed by atoms with Crippen LogP contribution in [0.5, 0.6) is 5.75 Å². The number of nitriles is 1. The molecule has 0 radical (unpaired) electrons. The molecule has 5 heteroatoms. The van der Waals surface area contributed by atoms with Crippen LogP contribution in [0, 0.1) is 17.2 Å². The number of rotatable bonds is 3. The Hall–Kier alpha value is -2.90. The Labute approximate surface area is 175 Å². The van der Waals surface area contributed by atoms with Crippen molar-refractivity contribution in [1.29, 1.82) is 5.26 Å². The minimum Gasteiger partial charge on any atom is -0.497 e. The van der Waals surface area contributed by atoms with Crippen LogP contribution in [-0.2, 0) is 4.79 Å². The standard InChI is InChI=1S/C24H21ClN2O2/c1-14-20(13-26)23(16-5-9-19(29-2)10-6-16)24-21(27-14)11-17(12-22(24)28)15-3-7-18(25)8-4-15/h3-10,17,20,23H,11-12H2,1-2H3/t17-,20?,23-/m0/s1. The third-order valence-electron chi connectivity index (χ3n) is 5.84. The molecule has 0 amide bonds. The first-order valence-corrected chi connectivity index (χ1v) is 10.00. The van der Waals surface area contributed by atoms with Crippen molar-refractivity contribution >= 4 is 23.1 Å². The minimum atomic E-state index is -0.446. The van der Waals surface area contributed by atoms with Gasteiger partial charge in [-0.05, 0) is 54.7 Å². The Morgan fingerprint density at radius 1 is 1.07 bits per heavy atom. The quantitative estimate of drug-likeness (QED) is 0.683. The van der Waals surface area contributed by atoms with Crippen LogP contribution in [0.2, 0.25) is 5.02 Å². The monoisotopic (exact) mass is 404 g/mol. The third kappa shape index (κ3) is 3.59. The molecular formula is C24H21ClN2O2. The first-order valence-electron chi connectivity index (χ1n) is 9.62. The maximum Gasteiger partial charge on any atom is 0.161 e. The number of aliphatic imine (C=N–C) groups is 1. The highest BCUT2D eigenvalue weighted by Crippen LogP contribution is 2.46. The summed E-state index contributed by atoms with van der Waals surface area (Å²) in [5, 5.41) is 10.5. The van der Waals surface area contributed by atoms with Crippen molar-refractivity contribution in [2.45, 2.75) is 31.6 Å². The SMILES string of the molecule is COc1ccc([C@@H]2C3=C(C[C@H](c4ccc(Cl)cc4)CC3=O)N=C(C)C2C#N)cc1. The van der Waals surface area contributed by atoms with Crippen molar-refractivity contribution < 1.29 is 9.53 Å². The molecule has 0 bridgehead atoms. The van der Waals surface area contributed by atoms with E-state index in [-0.39, 0.29) is 17.6 Å². The number of methoxy groups -OCH3 is 1. The second kappa shape index (κ2) is 7.85. The molecule has 1 aliphatic heterocycles. The van der Waals surface area contributed by atoms with Gasteiger partial charge in [-0.3, -0.25) is 9.79 Å². The molecule has 1 unspecified atom stereocenters. The van der Waals surface area contributed by atoms with E-state index in [0.717, 1.165) is 28.3 Å². The molecule has 0 saturated carbocycles. The van der Waals surface area contributed by atoms with Crippen LogP contribution >= 0.6 is 11.6 Å². The summed E-state index contributed by atoms with van der Waals surface area (Å²) >= 11 is 6.01. The fourth-order valence-corrected chi connectivity index (χ4v) is 4.49.